The van der Waals surface area contributed by atoms with Gasteiger partial charge < -0.3 is 15.4 Å². The van der Waals surface area contributed by atoms with Gasteiger partial charge in [0, 0.05) is 24.5 Å². The zero-order chi connectivity index (χ0) is 12.1. The Kier molecular flexibility index (Phi) is 3.83. The van der Waals surface area contributed by atoms with E-state index in [4.69, 9.17) is 0 Å². The van der Waals surface area contributed by atoms with Gasteiger partial charge in [-0.05, 0) is 43.2 Å². The van der Waals surface area contributed by atoms with E-state index < -0.39 is 0 Å². The molecule has 3 heteroatoms. The van der Waals surface area contributed by atoms with Crippen molar-refractivity contribution in [2.45, 2.75) is 25.9 Å². The SMILES string of the molecule is C[C@H](Cc1ccc(O)cc1)NCc1ccc[nH]1. The summed E-state index contributed by atoms with van der Waals surface area (Å²) in [5.74, 6) is 0.320. The molecule has 0 bridgehead atoms. The van der Waals surface area contributed by atoms with E-state index in [1.54, 1.807) is 12.1 Å². The highest BCUT2D eigenvalue weighted by atomic mass is 16.3. The summed E-state index contributed by atoms with van der Waals surface area (Å²) < 4.78 is 0. The molecule has 0 aliphatic heterocycles. The molecule has 0 aliphatic rings. The average molecular weight is 230 g/mol. The third-order valence-corrected chi connectivity index (χ3v) is 2.78. The first-order chi connectivity index (χ1) is 8.24. The summed E-state index contributed by atoms with van der Waals surface area (Å²) in [4.78, 5) is 3.17. The number of hydrogen-bond acceptors (Lipinski definition) is 2. The van der Waals surface area contributed by atoms with Gasteiger partial charge in [-0.15, -0.1) is 0 Å². The summed E-state index contributed by atoms with van der Waals surface area (Å²) in [6, 6.07) is 11.9. The molecule has 1 aromatic carbocycles. The van der Waals surface area contributed by atoms with E-state index in [2.05, 4.69) is 23.3 Å². The lowest BCUT2D eigenvalue weighted by Crippen LogP contribution is -2.27. The van der Waals surface area contributed by atoms with Gasteiger partial charge in [0.05, 0.1) is 0 Å². The monoisotopic (exact) mass is 230 g/mol. The largest absolute Gasteiger partial charge is 0.508 e. The lowest BCUT2D eigenvalue weighted by Gasteiger charge is -2.13. The van der Waals surface area contributed by atoms with Crippen LogP contribution in [0.15, 0.2) is 42.6 Å². The lowest BCUT2D eigenvalue weighted by atomic mass is 10.1. The third kappa shape index (κ3) is 3.64. The molecule has 1 heterocycles. The molecule has 0 fully saturated rings. The van der Waals surface area contributed by atoms with Crippen LogP contribution in [0.5, 0.6) is 5.75 Å². The second kappa shape index (κ2) is 5.55. The predicted molar refractivity (Wildman–Crippen MR) is 68.9 cm³/mol. The maximum Gasteiger partial charge on any atom is 0.115 e. The average Bonchev–Trinajstić information content (AvgIpc) is 2.83. The Labute approximate surface area is 102 Å². The van der Waals surface area contributed by atoms with Crippen molar-refractivity contribution in [3.05, 3.63) is 53.9 Å². The van der Waals surface area contributed by atoms with Crippen molar-refractivity contribution < 1.29 is 5.11 Å². The van der Waals surface area contributed by atoms with Crippen molar-refractivity contribution >= 4 is 0 Å². The summed E-state index contributed by atoms with van der Waals surface area (Å²) >= 11 is 0. The van der Waals surface area contributed by atoms with E-state index in [1.165, 1.54) is 11.3 Å². The molecule has 0 spiro atoms. The quantitative estimate of drug-likeness (QED) is 0.739. The van der Waals surface area contributed by atoms with Crippen LogP contribution >= 0.6 is 0 Å². The number of nitrogens with one attached hydrogen (secondary N) is 2. The van der Waals surface area contributed by atoms with Crippen LogP contribution in [0.1, 0.15) is 18.2 Å². The number of phenolic OH excluding ortho intramolecular Hbond substituents is 1. The maximum atomic E-state index is 9.20. The molecule has 0 radical (unpaired) electrons. The zero-order valence-electron chi connectivity index (χ0n) is 9.98. The number of aromatic hydroxyl groups is 1. The van der Waals surface area contributed by atoms with E-state index in [9.17, 15) is 5.11 Å². The standard InChI is InChI=1S/C14H18N2O/c1-11(16-10-13-3-2-8-15-13)9-12-4-6-14(17)7-5-12/h2-8,11,15-17H,9-10H2,1H3/t11-/m1/s1. The van der Waals surface area contributed by atoms with Gasteiger partial charge in [-0.1, -0.05) is 12.1 Å². The van der Waals surface area contributed by atoms with Gasteiger partial charge in [0.2, 0.25) is 0 Å². The Morgan fingerprint density at radius 2 is 2.00 bits per heavy atom. The van der Waals surface area contributed by atoms with E-state index in [0.29, 0.717) is 11.8 Å². The number of hydrogen-bond donors (Lipinski definition) is 3. The summed E-state index contributed by atoms with van der Waals surface area (Å²) in [6.07, 6.45) is 2.89. The lowest BCUT2D eigenvalue weighted by molar-refractivity contribution is 0.474. The van der Waals surface area contributed by atoms with E-state index >= 15 is 0 Å². The van der Waals surface area contributed by atoms with Crippen LogP contribution < -0.4 is 5.32 Å². The molecule has 0 unspecified atom stereocenters. The summed E-state index contributed by atoms with van der Waals surface area (Å²) in [5, 5.41) is 12.7. The van der Waals surface area contributed by atoms with Crippen LogP contribution in [0.25, 0.3) is 0 Å². The fourth-order valence-electron chi connectivity index (χ4n) is 1.82. The number of aromatic nitrogens is 1. The second-order valence-electron chi connectivity index (χ2n) is 4.35. The van der Waals surface area contributed by atoms with Crippen LogP contribution in [0.4, 0.5) is 0 Å². The molecule has 3 N–H and O–H groups in total. The molecular formula is C14H18N2O. The van der Waals surface area contributed by atoms with E-state index in [1.807, 2.05) is 24.4 Å². The Morgan fingerprint density at radius 1 is 1.24 bits per heavy atom. The number of phenols is 1. The van der Waals surface area contributed by atoms with Crippen molar-refractivity contribution in [1.82, 2.24) is 10.3 Å². The van der Waals surface area contributed by atoms with Crippen LogP contribution in [-0.4, -0.2) is 16.1 Å². The van der Waals surface area contributed by atoms with Crippen molar-refractivity contribution in [1.29, 1.82) is 0 Å². The molecule has 0 amide bonds. The van der Waals surface area contributed by atoms with E-state index in [-0.39, 0.29) is 0 Å². The van der Waals surface area contributed by atoms with Crippen molar-refractivity contribution in [3.63, 3.8) is 0 Å². The normalized spacial score (nSPS) is 12.5. The van der Waals surface area contributed by atoms with E-state index in [0.717, 1.165) is 13.0 Å². The number of aromatic amines is 1. The molecular weight excluding hydrogens is 212 g/mol. The number of H-pyrrole nitrogens is 1. The van der Waals surface area contributed by atoms with Crippen LogP contribution in [0.2, 0.25) is 0 Å². The van der Waals surface area contributed by atoms with Gasteiger partial charge in [0.15, 0.2) is 0 Å². The molecule has 17 heavy (non-hydrogen) atoms. The second-order valence-corrected chi connectivity index (χ2v) is 4.35. The number of benzene rings is 1. The summed E-state index contributed by atoms with van der Waals surface area (Å²) in [7, 11) is 0. The minimum atomic E-state index is 0.320. The van der Waals surface area contributed by atoms with Crippen LogP contribution in [0.3, 0.4) is 0 Å². The number of rotatable bonds is 5. The fourth-order valence-corrected chi connectivity index (χ4v) is 1.82. The Morgan fingerprint density at radius 3 is 2.65 bits per heavy atom. The third-order valence-electron chi connectivity index (χ3n) is 2.78. The molecule has 0 saturated carbocycles. The van der Waals surface area contributed by atoms with Crippen molar-refractivity contribution in [3.8, 4) is 5.75 Å². The maximum absolute atomic E-state index is 9.20. The highest BCUT2D eigenvalue weighted by Gasteiger charge is 2.03. The molecule has 1 aromatic heterocycles. The Balaban J connectivity index is 1.80. The van der Waals surface area contributed by atoms with Gasteiger partial charge in [-0.25, -0.2) is 0 Å². The molecule has 0 aliphatic carbocycles. The van der Waals surface area contributed by atoms with Gasteiger partial charge in [-0.2, -0.15) is 0 Å². The first-order valence-corrected chi connectivity index (χ1v) is 5.87. The fraction of sp³-hybridized carbons (Fsp3) is 0.286. The molecule has 0 saturated heterocycles. The molecule has 3 nitrogen and oxygen atoms in total. The molecule has 2 aromatic rings. The smallest absolute Gasteiger partial charge is 0.115 e. The van der Waals surface area contributed by atoms with Gasteiger partial charge in [0.1, 0.15) is 5.75 Å². The van der Waals surface area contributed by atoms with Crippen molar-refractivity contribution in [2.75, 3.05) is 0 Å². The Bertz CT molecular complexity index is 434. The minimum Gasteiger partial charge on any atom is -0.508 e. The summed E-state index contributed by atoms with van der Waals surface area (Å²) in [6.45, 7) is 3.02. The molecule has 1 atom stereocenters. The van der Waals surface area contributed by atoms with Crippen LogP contribution in [-0.2, 0) is 13.0 Å². The minimum absolute atomic E-state index is 0.320. The predicted octanol–water partition coefficient (Wildman–Crippen LogP) is 2.44. The van der Waals surface area contributed by atoms with Crippen LogP contribution in [0, 0.1) is 0 Å². The topological polar surface area (TPSA) is 48.0 Å². The van der Waals surface area contributed by atoms with Crippen molar-refractivity contribution in [2.24, 2.45) is 0 Å². The van der Waals surface area contributed by atoms with Gasteiger partial charge in [0.25, 0.3) is 0 Å². The first-order valence-electron chi connectivity index (χ1n) is 5.87. The highest BCUT2D eigenvalue weighted by Crippen LogP contribution is 2.11. The van der Waals surface area contributed by atoms with Gasteiger partial charge >= 0.3 is 0 Å². The first kappa shape index (κ1) is 11.7. The highest BCUT2D eigenvalue weighted by molar-refractivity contribution is 5.26. The summed E-state index contributed by atoms with van der Waals surface area (Å²) in [5.41, 5.74) is 2.43. The zero-order valence-corrected chi connectivity index (χ0v) is 9.98. The Hall–Kier alpha value is -1.74. The molecule has 90 valence electrons. The van der Waals surface area contributed by atoms with Gasteiger partial charge in [-0.3, -0.25) is 0 Å². The molecule has 2 rings (SSSR count).